The summed E-state index contributed by atoms with van der Waals surface area (Å²) in [4.78, 5) is 26.3. The molecule has 1 fully saturated rings. The van der Waals surface area contributed by atoms with Crippen molar-refractivity contribution < 1.29 is 4.79 Å². The third-order valence-electron chi connectivity index (χ3n) is 3.79. The molecule has 0 unspecified atom stereocenters. The van der Waals surface area contributed by atoms with E-state index in [4.69, 9.17) is 0 Å². The lowest BCUT2D eigenvalue weighted by Gasteiger charge is -2.20. The molecule has 1 saturated heterocycles. The molecule has 6 nitrogen and oxygen atoms in total. The minimum absolute atomic E-state index is 0.0163. The molecule has 0 bridgehead atoms. The molecule has 0 aliphatic carbocycles. The van der Waals surface area contributed by atoms with Gasteiger partial charge in [-0.1, -0.05) is 12.8 Å². The summed E-state index contributed by atoms with van der Waals surface area (Å²) in [5.74, 6) is -0.0163. The van der Waals surface area contributed by atoms with E-state index in [0.29, 0.717) is 5.52 Å². The second-order valence-electron chi connectivity index (χ2n) is 5.19. The quantitative estimate of drug-likeness (QED) is 0.817. The minimum Gasteiger partial charge on any atom is -0.341 e. The Labute approximate surface area is 116 Å². The van der Waals surface area contributed by atoms with Gasteiger partial charge in [-0.25, -0.2) is 4.68 Å². The molecule has 106 valence electrons. The Kier molecular flexibility index (Phi) is 3.54. The van der Waals surface area contributed by atoms with E-state index in [-0.39, 0.29) is 18.0 Å². The number of rotatable bonds is 2. The Morgan fingerprint density at radius 1 is 1.20 bits per heavy atom. The van der Waals surface area contributed by atoms with Crippen LogP contribution in [-0.4, -0.2) is 38.1 Å². The number of carbonyl (C=O) groups excluding carboxylic acids is 1. The maximum atomic E-state index is 12.3. The first-order valence-corrected chi connectivity index (χ1v) is 7.06. The average molecular weight is 274 g/mol. The topological polar surface area (TPSA) is 59.6 Å². The first kappa shape index (κ1) is 12.9. The Hall–Kier alpha value is -2.11. The minimum atomic E-state index is -0.222. The summed E-state index contributed by atoms with van der Waals surface area (Å²) in [6, 6.07) is 3.52. The van der Waals surface area contributed by atoms with Crippen molar-refractivity contribution in [1.29, 1.82) is 0 Å². The number of nitrogens with zero attached hydrogens (tertiary/aromatic N) is 4. The second-order valence-corrected chi connectivity index (χ2v) is 5.19. The Balaban J connectivity index is 1.79. The standard InChI is InChI=1S/C14H18N4O2/c19-13(16-7-3-1-2-4-8-16)10-18-14(20)12-6-5-9-17(12)11-15-18/h5-6,9,11H,1-4,7-8,10H2. The number of likely N-dealkylation sites (tertiary alicyclic amines) is 1. The molecule has 3 rings (SSSR count). The highest BCUT2D eigenvalue weighted by Crippen LogP contribution is 2.10. The molecule has 2 aromatic heterocycles. The SMILES string of the molecule is O=C(Cn1ncn2cccc2c1=O)N1CCCCCC1. The predicted octanol–water partition coefficient (Wildman–Crippen LogP) is 0.899. The largest absolute Gasteiger partial charge is 0.341 e. The fraction of sp³-hybridized carbons (Fsp3) is 0.500. The average Bonchev–Trinajstić information content (AvgIpc) is 2.76. The third-order valence-corrected chi connectivity index (χ3v) is 3.79. The zero-order chi connectivity index (χ0) is 13.9. The van der Waals surface area contributed by atoms with Gasteiger partial charge in [0.2, 0.25) is 5.91 Å². The van der Waals surface area contributed by atoms with Gasteiger partial charge in [0.1, 0.15) is 18.4 Å². The van der Waals surface area contributed by atoms with Gasteiger partial charge in [0.25, 0.3) is 5.56 Å². The van der Waals surface area contributed by atoms with Crippen LogP contribution in [0.15, 0.2) is 29.5 Å². The molecule has 3 heterocycles. The van der Waals surface area contributed by atoms with Crippen LogP contribution in [-0.2, 0) is 11.3 Å². The van der Waals surface area contributed by atoms with E-state index < -0.39 is 0 Å². The highest BCUT2D eigenvalue weighted by atomic mass is 16.2. The van der Waals surface area contributed by atoms with Gasteiger partial charge in [-0.15, -0.1) is 0 Å². The van der Waals surface area contributed by atoms with Crippen LogP contribution < -0.4 is 5.56 Å². The molecule has 1 amide bonds. The van der Waals surface area contributed by atoms with Gasteiger partial charge in [-0.3, -0.25) is 9.59 Å². The molecule has 1 aliphatic heterocycles. The highest BCUT2D eigenvalue weighted by molar-refractivity contribution is 5.76. The van der Waals surface area contributed by atoms with Gasteiger partial charge in [-0.05, 0) is 25.0 Å². The van der Waals surface area contributed by atoms with Crippen molar-refractivity contribution in [3.8, 4) is 0 Å². The normalized spacial score (nSPS) is 16.3. The van der Waals surface area contributed by atoms with Crippen molar-refractivity contribution >= 4 is 11.4 Å². The van der Waals surface area contributed by atoms with Crippen molar-refractivity contribution in [2.24, 2.45) is 0 Å². The molecule has 1 aliphatic rings. The third kappa shape index (κ3) is 2.45. The first-order chi connectivity index (χ1) is 9.75. The zero-order valence-corrected chi connectivity index (χ0v) is 11.4. The van der Waals surface area contributed by atoms with E-state index in [1.807, 2.05) is 4.90 Å². The maximum absolute atomic E-state index is 12.3. The van der Waals surface area contributed by atoms with Crippen LogP contribution in [0.25, 0.3) is 5.52 Å². The zero-order valence-electron chi connectivity index (χ0n) is 11.4. The summed E-state index contributed by atoms with van der Waals surface area (Å²) in [6.07, 6.45) is 7.78. The summed E-state index contributed by atoms with van der Waals surface area (Å²) in [6.45, 7) is 1.61. The molecule has 2 aromatic rings. The lowest BCUT2D eigenvalue weighted by atomic mass is 10.2. The van der Waals surface area contributed by atoms with Gasteiger partial charge in [0.15, 0.2) is 0 Å². The van der Waals surface area contributed by atoms with E-state index in [9.17, 15) is 9.59 Å². The summed E-state index contributed by atoms with van der Waals surface area (Å²) < 4.78 is 2.91. The molecule has 20 heavy (non-hydrogen) atoms. The van der Waals surface area contributed by atoms with E-state index in [1.54, 1.807) is 29.1 Å². The van der Waals surface area contributed by atoms with Gasteiger partial charge in [0, 0.05) is 19.3 Å². The van der Waals surface area contributed by atoms with Crippen molar-refractivity contribution in [3.63, 3.8) is 0 Å². The lowest BCUT2D eigenvalue weighted by Crippen LogP contribution is -2.38. The van der Waals surface area contributed by atoms with E-state index in [2.05, 4.69) is 5.10 Å². The summed E-state index contributed by atoms with van der Waals surface area (Å²) in [5, 5.41) is 4.06. The Morgan fingerprint density at radius 2 is 1.95 bits per heavy atom. The molecule has 6 heteroatoms. The summed E-state index contributed by atoms with van der Waals surface area (Å²) >= 11 is 0. The van der Waals surface area contributed by atoms with Crippen LogP contribution in [0.5, 0.6) is 0 Å². The molecule has 0 saturated carbocycles. The molecule has 0 spiro atoms. The van der Waals surface area contributed by atoms with Crippen molar-refractivity contribution in [2.75, 3.05) is 13.1 Å². The number of hydrogen-bond donors (Lipinski definition) is 0. The predicted molar refractivity (Wildman–Crippen MR) is 74.5 cm³/mol. The summed E-state index contributed by atoms with van der Waals surface area (Å²) in [5.41, 5.74) is 0.323. The van der Waals surface area contributed by atoms with E-state index >= 15 is 0 Å². The van der Waals surface area contributed by atoms with Gasteiger partial charge < -0.3 is 9.30 Å². The second kappa shape index (κ2) is 5.48. The lowest BCUT2D eigenvalue weighted by molar-refractivity contribution is -0.132. The van der Waals surface area contributed by atoms with Crippen molar-refractivity contribution in [2.45, 2.75) is 32.2 Å². The highest BCUT2D eigenvalue weighted by Gasteiger charge is 2.17. The number of carbonyl (C=O) groups is 1. The van der Waals surface area contributed by atoms with Crippen LogP contribution in [0.4, 0.5) is 0 Å². The Morgan fingerprint density at radius 3 is 2.70 bits per heavy atom. The maximum Gasteiger partial charge on any atom is 0.291 e. The number of amides is 1. The van der Waals surface area contributed by atoms with Crippen LogP contribution in [0.1, 0.15) is 25.7 Å². The summed E-state index contributed by atoms with van der Waals surface area (Å²) in [7, 11) is 0. The van der Waals surface area contributed by atoms with Crippen LogP contribution >= 0.6 is 0 Å². The molecule has 0 N–H and O–H groups in total. The van der Waals surface area contributed by atoms with Crippen molar-refractivity contribution in [3.05, 3.63) is 35.0 Å². The van der Waals surface area contributed by atoms with E-state index in [0.717, 1.165) is 25.9 Å². The van der Waals surface area contributed by atoms with E-state index in [1.165, 1.54) is 17.5 Å². The van der Waals surface area contributed by atoms with Crippen LogP contribution in [0, 0.1) is 0 Å². The fourth-order valence-electron chi connectivity index (χ4n) is 2.64. The monoisotopic (exact) mass is 274 g/mol. The molecular weight excluding hydrogens is 256 g/mol. The number of hydrogen-bond acceptors (Lipinski definition) is 3. The number of aromatic nitrogens is 3. The molecular formula is C14H18N4O2. The van der Waals surface area contributed by atoms with Gasteiger partial charge in [-0.2, -0.15) is 5.10 Å². The molecule has 0 radical (unpaired) electrons. The van der Waals surface area contributed by atoms with Crippen LogP contribution in [0.2, 0.25) is 0 Å². The molecule has 0 aromatic carbocycles. The Bertz CT molecular complexity index is 665. The number of fused-ring (bicyclic) bond motifs is 1. The first-order valence-electron chi connectivity index (χ1n) is 7.06. The molecule has 0 atom stereocenters. The van der Waals surface area contributed by atoms with Crippen LogP contribution in [0.3, 0.4) is 0 Å². The smallest absolute Gasteiger partial charge is 0.291 e. The van der Waals surface area contributed by atoms with Crippen molar-refractivity contribution in [1.82, 2.24) is 19.1 Å². The van der Waals surface area contributed by atoms with Gasteiger partial charge in [0.05, 0.1) is 0 Å². The fourth-order valence-corrected chi connectivity index (χ4v) is 2.64. The van der Waals surface area contributed by atoms with Gasteiger partial charge >= 0.3 is 0 Å².